The first-order chi connectivity index (χ1) is 6.91. The van der Waals surface area contributed by atoms with E-state index in [4.69, 9.17) is 4.74 Å². The Morgan fingerprint density at radius 1 is 0.867 bits per heavy atom. The summed E-state index contributed by atoms with van der Waals surface area (Å²) in [7, 11) is 11.5. The van der Waals surface area contributed by atoms with Crippen LogP contribution in [-0.4, -0.2) is 52.3 Å². The lowest BCUT2D eigenvalue weighted by molar-refractivity contribution is 0.0604. The molecule has 0 aromatic heterocycles. The number of hydrogen-bond donors (Lipinski definition) is 0. The number of rotatable bonds is 1. The minimum atomic E-state index is -0.240. The third-order valence-electron chi connectivity index (χ3n) is 3.39. The first-order valence-electron chi connectivity index (χ1n) is 5.07. The lowest BCUT2D eigenvalue weighted by atomic mass is 9.60. The van der Waals surface area contributed by atoms with Crippen LogP contribution in [0.15, 0.2) is 0 Å². The second kappa shape index (κ2) is 4.25. The smallest absolute Gasteiger partial charge is 0.336 e. The van der Waals surface area contributed by atoms with Crippen molar-refractivity contribution in [1.82, 2.24) is 0 Å². The van der Waals surface area contributed by atoms with E-state index in [2.05, 4.69) is 7.85 Å². The summed E-state index contributed by atoms with van der Waals surface area (Å²) in [6.07, 6.45) is 0. The normalized spacial score (nSPS) is 9.93. The van der Waals surface area contributed by atoms with E-state index in [1.165, 1.54) is 23.5 Å². The predicted molar refractivity (Wildman–Crippen MR) is 78.7 cm³/mol. The number of carbonyl (C=O) groups excluding carboxylic acids is 1. The highest BCUT2D eigenvalue weighted by Gasteiger charge is 2.16. The Balaban J connectivity index is 3.60. The van der Waals surface area contributed by atoms with Gasteiger partial charge in [0.15, 0.2) is 0 Å². The predicted octanol–water partition coefficient (Wildman–Crippen LogP) is -7.23. The van der Waals surface area contributed by atoms with Gasteiger partial charge in [-0.2, -0.15) is 0 Å². The molecule has 0 saturated carbocycles. The molecule has 0 fully saturated rings. The Hall–Kier alpha value is -0.985. The minimum Gasteiger partial charge on any atom is -0.465 e. The van der Waals surface area contributed by atoms with Crippen molar-refractivity contribution in [1.29, 1.82) is 0 Å². The van der Waals surface area contributed by atoms with Crippen molar-refractivity contribution in [3.63, 3.8) is 0 Å². The number of benzene rings is 1. The van der Waals surface area contributed by atoms with Crippen LogP contribution in [0.25, 0.3) is 0 Å². The maximum absolute atomic E-state index is 11.6. The summed E-state index contributed by atoms with van der Waals surface area (Å²) in [6, 6.07) is 0. The lowest BCUT2D eigenvalue weighted by Crippen LogP contribution is -2.57. The fourth-order valence-electron chi connectivity index (χ4n) is 1.91. The van der Waals surface area contributed by atoms with Crippen LogP contribution in [0.1, 0.15) is 10.4 Å². The molecule has 0 aliphatic rings. The number of methoxy groups -OCH3 is 1. The van der Waals surface area contributed by atoms with E-state index in [0.29, 0.717) is 0 Å². The van der Waals surface area contributed by atoms with Crippen LogP contribution in [0.4, 0.5) is 0 Å². The molecular formula is C8H13B5O2. The van der Waals surface area contributed by atoms with E-state index in [-0.39, 0.29) is 5.97 Å². The van der Waals surface area contributed by atoms with Crippen molar-refractivity contribution in [3.05, 3.63) is 5.56 Å². The van der Waals surface area contributed by atoms with Gasteiger partial charge in [0, 0.05) is 5.56 Å². The summed E-state index contributed by atoms with van der Waals surface area (Å²) < 4.78 is 4.81. The number of esters is 1. The molecule has 15 heavy (non-hydrogen) atoms. The van der Waals surface area contributed by atoms with Gasteiger partial charge in [0.25, 0.3) is 0 Å². The molecule has 0 N–H and O–H groups in total. The largest absolute Gasteiger partial charge is 0.465 e. The van der Waals surface area contributed by atoms with Gasteiger partial charge in [0.1, 0.15) is 39.2 Å². The first-order valence-corrected chi connectivity index (χ1v) is 5.07. The fraction of sp³-hybridized carbons (Fsp3) is 0.125. The quantitative estimate of drug-likeness (QED) is 0.329. The van der Waals surface area contributed by atoms with Crippen LogP contribution in [-0.2, 0) is 4.74 Å². The molecule has 1 aromatic carbocycles. The van der Waals surface area contributed by atoms with Gasteiger partial charge in [-0.1, -0.05) is 10.9 Å². The van der Waals surface area contributed by atoms with Gasteiger partial charge >= 0.3 is 5.97 Å². The van der Waals surface area contributed by atoms with Crippen LogP contribution in [0.5, 0.6) is 0 Å². The van der Waals surface area contributed by atoms with Crippen LogP contribution in [0.3, 0.4) is 0 Å². The zero-order valence-electron chi connectivity index (χ0n) is 10.3. The van der Waals surface area contributed by atoms with Crippen molar-refractivity contribution in [2.75, 3.05) is 7.11 Å². The van der Waals surface area contributed by atoms with Gasteiger partial charge in [-0.3, -0.25) is 0 Å². The fourth-order valence-corrected chi connectivity index (χ4v) is 1.91. The van der Waals surface area contributed by atoms with Crippen LogP contribution >= 0.6 is 0 Å². The average Bonchev–Trinajstić information content (AvgIpc) is 2.23. The van der Waals surface area contributed by atoms with E-state index in [0.717, 1.165) is 16.5 Å². The molecule has 1 rings (SSSR count). The SMILES string of the molecule is Bc1c(B)c(B)c(C(=O)OC)c(B)c1B. The third kappa shape index (κ3) is 1.88. The highest BCUT2D eigenvalue weighted by Crippen LogP contribution is 1.89. The summed E-state index contributed by atoms with van der Waals surface area (Å²) >= 11 is 0. The summed E-state index contributed by atoms with van der Waals surface area (Å²) in [6.45, 7) is 0. The molecule has 0 aliphatic carbocycles. The molecule has 72 valence electrons. The monoisotopic (exact) mass is 196 g/mol. The molecule has 0 spiro atoms. The Bertz CT molecular complexity index is 401. The molecule has 0 heterocycles. The van der Waals surface area contributed by atoms with E-state index < -0.39 is 0 Å². The standard InChI is InChI=1S/C8H13B5O2/c1-15-8(14)2-3(9)5(11)7(13)6(12)4(2)10/h9-13H2,1H3. The van der Waals surface area contributed by atoms with Gasteiger partial charge in [-0.15, -0.1) is 16.4 Å². The van der Waals surface area contributed by atoms with Gasteiger partial charge < -0.3 is 4.74 Å². The third-order valence-corrected chi connectivity index (χ3v) is 3.39. The Morgan fingerprint density at radius 2 is 1.20 bits per heavy atom. The maximum Gasteiger partial charge on any atom is 0.336 e. The van der Waals surface area contributed by atoms with Crippen LogP contribution in [0, 0.1) is 0 Å². The molecule has 1 aromatic rings. The van der Waals surface area contributed by atoms with Gasteiger partial charge in [-0.05, 0) is 0 Å². The highest BCUT2D eigenvalue weighted by molar-refractivity contribution is 6.68. The summed E-state index contributed by atoms with van der Waals surface area (Å²) in [5.41, 5.74) is 6.40. The minimum absolute atomic E-state index is 0.240. The van der Waals surface area contributed by atoms with Crippen molar-refractivity contribution in [3.8, 4) is 0 Å². The molecule has 0 amide bonds. The molecule has 7 heteroatoms. The average molecular weight is 195 g/mol. The maximum atomic E-state index is 11.6. The Labute approximate surface area is 95.2 Å². The second-order valence-corrected chi connectivity index (χ2v) is 3.99. The topological polar surface area (TPSA) is 26.3 Å². The molecular weight excluding hydrogens is 182 g/mol. The molecule has 0 atom stereocenters. The van der Waals surface area contributed by atoms with Crippen molar-refractivity contribution >= 4 is 72.5 Å². The zero-order chi connectivity index (χ0) is 11.7. The van der Waals surface area contributed by atoms with E-state index in [1.807, 2.05) is 31.4 Å². The molecule has 2 nitrogen and oxygen atoms in total. The second-order valence-electron chi connectivity index (χ2n) is 3.99. The number of ether oxygens (including phenoxy) is 1. The zero-order valence-corrected chi connectivity index (χ0v) is 10.3. The highest BCUT2D eigenvalue weighted by atomic mass is 16.5. The van der Waals surface area contributed by atoms with Gasteiger partial charge in [0.05, 0.1) is 7.11 Å². The van der Waals surface area contributed by atoms with E-state index in [9.17, 15) is 4.79 Å². The summed E-state index contributed by atoms with van der Waals surface area (Å²) in [4.78, 5) is 11.6. The van der Waals surface area contributed by atoms with Crippen LogP contribution in [0.2, 0.25) is 0 Å². The number of hydrogen-bond acceptors (Lipinski definition) is 2. The van der Waals surface area contributed by atoms with Crippen molar-refractivity contribution < 1.29 is 9.53 Å². The number of carbonyl (C=O) groups is 1. The Morgan fingerprint density at radius 3 is 1.53 bits per heavy atom. The van der Waals surface area contributed by atoms with E-state index >= 15 is 0 Å². The molecule has 0 radical (unpaired) electrons. The lowest BCUT2D eigenvalue weighted by Gasteiger charge is -2.18. The first kappa shape index (κ1) is 12.1. The summed E-state index contributed by atoms with van der Waals surface area (Å²) in [5.74, 6) is -0.240. The van der Waals surface area contributed by atoms with Crippen molar-refractivity contribution in [2.45, 2.75) is 0 Å². The summed E-state index contributed by atoms with van der Waals surface area (Å²) in [5, 5.41) is 0. The molecule has 0 saturated heterocycles. The van der Waals surface area contributed by atoms with E-state index in [1.54, 1.807) is 0 Å². The van der Waals surface area contributed by atoms with Gasteiger partial charge in [-0.25, -0.2) is 4.79 Å². The molecule has 0 aliphatic heterocycles. The molecule has 0 bridgehead atoms. The Kier molecular flexibility index (Phi) is 3.43. The van der Waals surface area contributed by atoms with Gasteiger partial charge in [0.2, 0.25) is 0 Å². The van der Waals surface area contributed by atoms with Crippen LogP contribution < -0.4 is 27.3 Å². The van der Waals surface area contributed by atoms with Crippen molar-refractivity contribution in [2.24, 2.45) is 0 Å². The molecule has 0 unspecified atom stereocenters.